The Morgan fingerprint density at radius 1 is 0.733 bits per heavy atom. The summed E-state index contributed by atoms with van der Waals surface area (Å²) in [5, 5.41) is 0.940. The standard InChI is InChI=1S/C24H17N3O3/c28-22(13-9-11-25-12-10-13)26-27-23(29)20-18-14-5-1-2-6-15(14)19(21(20)24(27)30)17-8-4-3-7-16(17)18/h1-12,18-21H,(H,26,28)/t18?,19?,20-,21-/m0/s1. The predicted molar refractivity (Wildman–Crippen MR) is 107 cm³/mol. The zero-order chi connectivity index (χ0) is 20.4. The van der Waals surface area contributed by atoms with E-state index in [0.717, 1.165) is 27.3 Å². The van der Waals surface area contributed by atoms with E-state index in [-0.39, 0.29) is 23.7 Å². The first-order chi connectivity index (χ1) is 14.7. The van der Waals surface area contributed by atoms with Crippen LogP contribution in [0.15, 0.2) is 73.1 Å². The van der Waals surface area contributed by atoms with Crippen molar-refractivity contribution in [1.29, 1.82) is 0 Å². The van der Waals surface area contributed by atoms with Crippen molar-refractivity contribution in [3.63, 3.8) is 0 Å². The van der Waals surface area contributed by atoms with Crippen LogP contribution in [0.5, 0.6) is 0 Å². The van der Waals surface area contributed by atoms with Crippen molar-refractivity contribution < 1.29 is 14.4 Å². The molecule has 0 spiro atoms. The summed E-state index contributed by atoms with van der Waals surface area (Å²) in [6, 6.07) is 19.2. The van der Waals surface area contributed by atoms with Gasteiger partial charge < -0.3 is 0 Å². The van der Waals surface area contributed by atoms with Crippen LogP contribution in [-0.4, -0.2) is 27.7 Å². The highest BCUT2D eigenvalue weighted by molar-refractivity contribution is 6.09. The van der Waals surface area contributed by atoms with Gasteiger partial charge in [0.2, 0.25) is 0 Å². The first kappa shape index (κ1) is 17.1. The predicted octanol–water partition coefficient (Wildman–Crippen LogP) is 2.62. The highest BCUT2D eigenvalue weighted by Crippen LogP contribution is 2.60. The molecule has 6 nitrogen and oxygen atoms in total. The Balaban J connectivity index is 1.44. The van der Waals surface area contributed by atoms with Gasteiger partial charge in [-0.1, -0.05) is 48.5 Å². The fourth-order valence-electron chi connectivity index (χ4n) is 5.46. The Morgan fingerprint density at radius 3 is 1.60 bits per heavy atom. The number of benzene rings is 2. The zero-order valence-electron chi connectivity index (χ0n) is 15.9. The lowest BCUT2D eigenvalue weighted by atomic mass is 9.55. The third-order valence-electron chi connectivity index (χ3n) is 6.60. The molecule has 146 valence electrons. The van der Waals surface area contributed by atoms with Crippen molar-refractivity contribution in [2.24, 2.45) is 11.8 Å². The minimum atomic E-state index is -0.509. The maximum absolute atomic E-state index is 13.4. The van der Waals surface area contributed by atoms with Crippen molar-refractivity contribution >= 4 is 17.7 Å². The summed E-state index contributed by atoms with van der Waals surface area (Å²) in [7, 11) is 0. The number of nitrogens with zero attached hydrogens (tertiary/aromatic N) is 2. The highest BCUT2D eigenvalue weighted by atomic mass is 16.2. The number of rotatable bonds is 2. The third-order valence-corrected chi connectivity index (χ3v) is 6.60. The summed E-state index contributed by atoms with van der Waals surface area (Å²) >= 11 is 0. The number of carbonyl (C=O) groups excluding carboxylic acids is 3. The summed E-state index contributed by atoms with van der Waals surface area (Å²) in [4.78, 5) is 43.3. The molecule has 2 aromatic carbocycles. The molecular weight excluding hydrogens is 378 g/mol. The molecule has 7 rings (SSSR count). The van der Waals surface area contributed by atoms with Crippen LogP contribution in [0.25, 0.3) is 0 Å². The van der Waals surface area contributed by atoms with Gasteiger partial charge in [-0.15, -0.1) is 0 Å². The number of nitrogens with one attached hydrogen (secondary N) is 1. The van der Waals surface area contributed by atoms with Crippen LogP contribution in [0.4, 0.5) is 0 Å². The lowest BCUT2D eigenvalue weighted by Crippen LogP contribution is -2.46. The maximum Gasteiger partial charge on any atom is 0.270 e. The van der Waals surface area contributed by atoms with Gasteiger partial charge in [-0.3, -0.25) is 24.8 Å². The molecule has 0 radical (unpaired) electrons. The molecule has 1 saturated heterocycles. The van der Waals surface area contributed by atoms with Gasteiger partial charge in [0.1, 0.15) is 0 Å². The molecule has 2 bridgehead atoms. The number of carbonyl (C=O) groups is 3. The van der Waals surface area contributed by atoms with E-state index in [0.29, 0.717) is 5.56 Å². The Kier molecular flexibility index (Phi) is 3.47. The molecule has 1 aliphatic heterocycles. The van der Waals surface area contributed by atoms with E-state index in [1.165, 1.54) is 12.4 Å². The molecule has 6 heteroatoms. The summed E-state index contributed by atoms with van der Waals surface area (Å²) in [6.07, 6.45) is 2.99. The molecule has 1 N–H and O–H groups in total. The topological polar surface area (TPSA) is 79.4 Å². The van der Waals surface area contributed by atoms with Crippen molar-refractivity contribution in [2.75, 3.05) is 0 Å². The zero-order valence-corrected chi connectivity index (χ0v) is 15.9. The average molecular weight is 395 g/mol. The van der Waals surface area contributed by atoms with Gasteiger partial charge >= 0.3 is 0 Å². The molecule has 3 aliphatic carbocycles. The number of hydrazine groups is 1. The van der Waals surface area contributed by atoms with Gasteiger partial charge in [0.15, 0.2) is 0 Å². The maximum atomic E-state index is 13.4. The fraction of sp³-hybridized carbons (Fsp3) is 0.167. The van der Waals surface area contributed by atoms with Crippen molar-refractivity contribution in [2.45, 2.75) is 11.8 Å². The molecule has 2 heterocycles. The Labute approximate surface area is 172 Å². The summed E-state index contributed by atoms with van der Waals surface area (Å²) in [5.41, 5.74) is 7.29. The number of hydrogen-bond acceptors (Lipinski definition) is 4. The molecule has 3 amide bonds. The first-order valence-electron chi connectivity index (χ1n) is 9.93. The Hall–Kier alpha value is -3.80. The largest absolute Gasteiger partial charge is 0.272 e. The molecule has 1 aromatic heterocycles. The van der Waals surface area contributed by atoms with Crippen LogP contribution in [0.3, 0.4) is 0 Å². The van der Waals surface area contributed by atoms with Crippen molar-refractivity contribution in [3.8, 4) is 0 Å². The normalized spacial score (nSPS) is 25.5. The van der Waals surface area contributed by atoms with E-state index in [9.17, 15) is 14.4 Å². The molecule has 4 aliphatic rings. The van der Waals surface area contributed by atoms with Gasteiger partial charge in [-0.25, -0.2) is 0 Å². The van der Waals surface area contributed by atoms with E-state index in [2.05, 4.69) is 34.7 Å². The van der Waals surface area contributed by atoms with Gasteiger partial charge in [-0.2, -0.15) is 5.01 Å². The van der Waals surface area contributed by atoms with Gasteiger partial charge in [0, 0.05) is 29.8 Å². The number of amides is 3. The van der Waals surface area contributed by atoms with Crippen LogP contribution in [0, 0.1) is 11.8 Å². The van der Waals surface area contributed by atoms with E-state index < -0.39 is 17.7 Å². The quantitative estimate of drug-likeness (QED) is 0.677. The van der Waals surface area contributed by atoms with Crippen LogP contribution < -0.4 is 5.43 Å². The lowest BCUT2D eigenvalue weighted by Gasteiger charge is -2.45. The van der Waals surface area contributed by atoms with Crippen LogP contribution >= 0.6 is 0 Å². The summed E-state index contributed by atoms with van der Waals surface area (Å²) < 4.78 is 0. The fourth-order valence-corrected chi connectivity index (χ4v) is 5.46. The SMILES string of the molecule is O=C(NN1C(=O)[C@H]2C3c4ccccc4C(c4ccccc43)[C@@H]2C1=O)c1ccncc1. The second-order valence-electron chi connectivity index (χ2n) is 7.95. The molecule has 0 saturated carbocycles. The minimum Gasteiger partial charge on any atom is -0.272 e. The Morgan fingerprint density at radius 2 is 1.17 bits per heavy atom. The molecule has 2 atom stereocenters. The summed E-state index contributed by atoms with van der Waals surface area (Å²) in [5.74, 6) is -2.58. The minimum absolute atomic E-state index is 0.188. The van der Waals surface area contributed by atoms with E-state index in [4.69, 9.17) is 0 Å². The van der Waals surface area contributed by atoms with Gasteiger partial charge in [-0.05, 0) is 34.4 Å². The second-order valence-corrected chi connectivity index (χ2v) is 7.95. The second kappa shape index (κ2) is 6.10. The molecular formula is C24H17N3O3. The van der Waals surface area contributed by atoms with E-state index >= 15 is 0 Å². The number of pyridine rings is 1. The molecule has 30 heavy (non-hydrogen) atoms. The van der Waals surface area contributed by atoms with Gasteiger partial charge in [0.25, 0.3) is 17.7 Å². The lowest BCUT2D eigenvalue weighted by molar-refractivity contribution is -0.142. The molecule has 1 fully saturated rings. The monoisotopic (exact) mass is 395 g/mol. The molecule has 0 unspecified atom stereocenters. The number of hydrogen-bond donors (Lipinski definition) is 1. The van der Waals surface area contributed by atoms with Crippen molar-refractivity contribution in [1.82, 2.24) is 15.4 Å². The Bertz CT molecular complexity index is 1110. The van der Waals surface area contributed by atoms with Gasteiger partial charge in [0.05, 0.1) is 11.8 Å². The third kappa shape index (κ3) is 2.13. The smallest absolute Gasteiger partial charge is 0.270 e. The van der Waals surface area contributed by atoms with E-state index in [1.807, 2.05) is 24.3 Å². The van der Waals surface area contributed by atoms with Crippen molar-refractivity contribution in [3.05, 3.63) is 101 Å². The number of imide groups is 1. The van der Waals surface area contributed by atoms with Crippen LogP contribution in [0.2, 0.25) is 0 Å². The molecule has 3 aromatic rings. The number of aromatic nitrogens is 1. The van der Waals surface area contributed by atoms with Crippen LogP contribution in [0.1, 0.15) is 44.4 Å². The van der Waals surface area contributed by atoms with Crippen LogP contribution in [-0.2, 0) is 9.59 Å². The first-order valence-corrected chi connectivity index (χ1v) is 9.93. The summed E-state index contributed by atoms with van der Waals surface area (Å²) in [6.45, 7) is 0. The van der Waals surface area contributed by atoms with E-state index in [1.54, 1.807) is 12.1 Å². The highest BCUT2D eigenvalue weighted by Gasteiger charge is 2.62. The average Bonchev–Trinajstić information content (AvgIpc) is 3.05.